The lowest BCUT2D eigenvalue weighted by atomic mass is 10.1. The molecule has 1 saturated carbocycles. The molecule has 0 unspecified atom stereocenters. The van der Waals surface area contributed by atoms with Gasteiger partial charge in [0.1, 0.15) is 5.82 Å². The van der Waals surface area contributed by atoms with Gasteiger partial charge in [-0.1, -0.05) is 36.4 Å². The van der Waals surface area contributed by atoms with Crippen LogP contribution in [0.25, 0.3) is 0 Å². The molecule has 0 radical (unpaired) electrons. The molecule has 1 aliphatic rings. The highest BCUT2D eigenvalue weighted by atomic mass is 19.1. The second-order valence-electron chi connectivity index (χ2n) is 5.49. The smallest absolute Gasteiger partial charge is 0.339 e. The standard InChI is InChI=1S/C18H16FNO3/c19-14-8-4-7-13(11-14)18(22)23-16(12-5-2-1-3-6-12)17(21)20-15-9-10-15/h1-8,11,15-16H,9-10H2,(H,20,21)/t16-/m1/s1. The van der Waals surface area contributed by atoms with Crippen LogP contribution in [0.4, 0.5) is 4.39 Å². The number of ether oxygens (including phenoxy) is 1. The average Bonchev–Trinajstić information content (AvgIpc) is 3.37. The molecule has 1 fully saturated rings. The van der Waals surface area contributed by atoms with E-state index in [-0.39, 0.29) is 17.5 Å². The van der Waals surface area contributed by atoms with Gasteiger partial charge in [-0.05, 0) is 31.0 Å². The van der Waals surface area contributed by atoms with Crippen molar-refractivity contribution in [3.05, 3.63) is 71.5 Å². The molecule has 1 amide bonds. The largest absolute Gasteiger partial charge is 0.444 e. The van der Waals surface area contributed by atoms with Gasteiger partial charge in [-0.2, -0.15) is 0 Å². The number of carbonyl (C=O) groups excluding carboxylic acids is 2. The van der Waals surface area contributed by atoms with Crippen molar-refractivity contribution in [1.82, 2.24) is 5.32 Å². The summed E-state index contributed by atoms with van der Waals surface area (Å²) in [7, 11) is 0. The zero-order valence-electron chi connectivity index (χ0n) is 12.4. The molecule has 3 rings (SSSR count). The first-order chi connectivity index (χ1) is 11.1. The van der Waals surface area contributed by atoms with E-state index < -0.39 is 17.9 Å². The minimum atomic E-state index is -1.05. The fourth-order valence-electron chi connectivity index (χ4n) is 2.20. The predicted molar refractivity (Wildman–Crippen MR) is 82.2 cm³/mol. The quantitative estimate of drug-likeness (QED) is 0.863. The molecule has 118 valence electrons. The number of halogens is 1. The van der Waals surface area contributed by atoms with E-state index in [2.05, 4.69) is 5.32 Å². The highest BCUT2D eigenvalue weighted by Crippen LogP contribution is 2.24. The summed E-state index contributed by atoms with van der Waals surface area (Å²) in [5.41, 5.74) is 0.653. The van der Waals surface area contributed by atoms with Crippen molar-refractivity contribution in [1.29, 1.82) is 0 Å². The lowest BCUT2D eigenvalue weighted by molar-refractivity contribution is -0.130. The maximum atomic E-state index is 13.2. The van der Waals surface area contributed by atoms with E-state index in [0.29, 0.717) is 5.56 Å². The first-order valence-electron chi connectivity index (χ1n) is 7.45. The van der Waals surface area contributed by atoms with E-state index in [0.717, 1.165) is 18.9 Å². The highest BCUT2D eigenvalue weighted by molar-refractivity contribution is 5.92. The van der Waals surface area contributed by atoms with Gasteiger partial charge in [0, 0.05) is 11.6 Å². The summed E-state index contributed by atoms with van der Waals surface area (Å²) in [6, 6.07) is 14.1. The summed E-state index contributed by atoms with van der Waals surface area (Å²) in [4.78, 5) is 24.6. The Labute approximate surface area is 133 Å². The van der Waals surface area contributed by atoms with E-state index in [1.165, 1.54) is 18.2 Å². The molecule has 0 aromatic heterocycles. The van der Waals surface area contributed by atoms with Crippen molar-refractivity contribution >= 4 is 11.9 Å². The first kappa shape index (κ1) is 15.2. The van der Waals surface area contributed by atoms with Crippen LogP contribution in [0.3, 0.4) is 0 Å². The van der Waals surface area contributed by atoms with Gasteiger partial charge in [-0.15, -0.1) is 0 Å². The van der Waals surface area contributed by atoms with Gasteiger partial charge in [0.25, 0.3) is 5.91 Å². The Bertz CT molecular complexity index is 713. The van der Waals surface area contributed by atoms with Gasteiger partial charge in [-0.3, -0.25) is 4.79 Å². The maximum Gasteiger partial charge on any atom is 0.339 e. The van der Waals surface area contributed by atoms with E-state index in [1.807, 2.05) is 6.07 Å². The summed E-state index contributed by atoms with van der Waals surface area (Å²) >= 11 is 0. The summed E-state index contributed by atoms with van der Waals surface area (Å²) in [6.07, 6.45) is 0.823. The second kappa shape index (κ2) is 6.60. The SMILES string of the molecule is O=C(O[C@@H](C(=O)NC1CC1)c1ccccc1)c1cccc(F)c1. The second-order valence-corrected chi connectivity index (χ2v) is 5.49. The fourth-order valence-corrected chi connectivity index (χ4v) is 2.20. The number of hydrogen-bond donors (Lipinski definition) is 1. The number of carbonyl (C=O) groups is 2. The van der Waals surface area contributed by atoms with Crippen molar-refractivity contribution in [3.63, 3.8) is 0 Å². The zero-order chi connectivity index (χ0) is 16.2. The molecule has 0 aliphatic heterocycles. The van der Waals surface area contributed by atoms with Gasteiger partial charge < -0.3 is 10.1 Å². The summed E-state index contributed by atoms with van der Waals surface area (Å²) in [5.74, 6) is -1.62. The van der Waals surface area contributed by atoms with E-state index >= 15 is 0 Å². The molecule has 5 heteroatoms. The lowest BCUT2D eigenvalue weighted by Gasteiger charge is -2.18. The molecule has 1 atom stereocenters. The normalized spacial score (nSPS) is 14.8. The topological polar surface area (TPSA) is 55.4 Å². The highest BCUT2D eigenvalue weighted by Gasteiger charge is 2.31. The Kier molecular flexibility index (Phi) is 4.37. The Balaban J connectivity index is 1.80. The number of rotatable bonds is 5. The minimum Gasteiger partial charge on any atom is -0.444 e. The van der Waals surface area contributed by atoms with Crippen molar-refractivity contribution in [2.45, 2.75) is 25.0 Å². The molecule has 1 N–H and O–H groups in total. The maximum absolute atomic E-state index is 13.2. The Hall–Kier alpha value is -2.69. The lowest BCUT2D eigenvalue weighted by Crippen LogP contribution is -2.33. The van der Waals surface area contributed by atoms with Crippen molar-refractivity contribution in [3.8, 4) is 0 Å². The van der Waals surface area contributed by atoms with Crippen LogP contribution in [0.1, 0.15) is 34.9 Å². The Morgan fingerprint density at radius 1 is 1.09 bits per heavy atom. The molecule has 2 aromatic rings. The average molecular weight is 313 g/mol. The van der Waals surface area contributed by atoms with Crippen LogP contribution in [0.5, 0.6) is 0 Å². The van der Waals surface area contributed by atoms with Crippen molar-refractivity contribution < 1.29 is 18.7 Å². The number of nitrogens with one attached hydrogen (secondary N) is 1. The van der Waals surface area contributed by atoms with Crippen molar-refractivity contribution in [2.24, 2.45) is 0 Å². The van der Waals surface area contributed by atoms with Crippen LogP contribution in [-0.2, 0) is 9.53 Å². The number of benzene rings is 2. The summed E-state index contributed by atoms with van der Waals surface area (Å²) < 4.78 is 18.6. The van der Waals surface area contributed by atoms with Crippen LogP contribution in [0.15, 0.2) is 54.6 Å². The van der Waals surface area contributed by atoms with Crippen molar-refractivity contribution in [2.75, 3.05) is 0 Å². The van der Waals surface area contributed by atoms with Gasteiger partial charge in [0.15, 0.2) is 0 Å². The number of amides is 1. The molecule has 2 aromatic carbocycles. The number of esters is 1. The molecule has 0 saturated heterocycles. The monoisotopic (exact) mass is 313 g/mol. The molecular formula is C18H16FNO3. The van der Waals surface area contributed by atoms with Crippen LogP contribution in [-0.4, -0.2) is 17.9 Å². The molecule has 0 bridgehead atoms. The molecule has 1 aliphatic carbocycles. The van der Waals surface area contributed by atoms with Crippen LogP contribution in [0.2, 0.25) is 0 Å². The van der Waals surface area contributed by atoms with E-state index in [9.17, 15) is 14.0 Å². The fraction of sp³-hybridized carbons (Fsp3) is 0.222. The molecule has 4 nitrogen and oxygen atoms in total. The predicted octanol–water partition coefficient (Wildman–Crippen LogP) is 3.00. The van der Waals surface area contributed by atoms with Crippen LogP contribution >= 0.6 is 0 Å². The van der Waals surface area contributed by atoms with Crippen LogP contribution in [0, 0.1) is 5.82 Å². The number of hydrogen-bond acceptors (Lipinski definition) is 3. The first-order valence-corrected chi connectivity index (χ1v) is 7.45. The molecular weight excluding hydrogens is 297 g/mol. The minimum absolute atomic E-state index is 0.0742. The van der Waals surface area contributed by atoms with E-state index in [4.69, 9.17) is 4.74 Å². The third-order valence-corrected chi connectivity index (χ3v) is 3.55. The summed E-state index contributed by atoms with van der Waals surface area (Å²) in [6.45, 7) is 0. The Morgan fingerprint density at radius 2 is 1.83 bits per heavy atom. The van der Waals surface area contributed by atoms with Crippen LogP contribution < -0.4 is 5.32 Å². The third kappa shape index (κ3) is 3.94. The van der Waals surface area contributed by atoms with Gasteiger partial charge >= 0.3 is 5.97 Å². The molecule has 0 heterocycles. The van der Waals surface area contributed by atoms with Gasteiger partial charge in [0.2, 0.25) is 6.10 Å². The summed E-state index contributed by atoms with van der Waals surface area (Å²) in [5, 5.41) is 2.83. The van der Waals surface area contributed by atoms with Gasteiger partial charge in [0.05, 0.1) is 5.56 Å². The molecule has 0 spiro atoms. The Morgan fingerprint density at radius 3 is 2.48 bits per heavy atom. The van der Waals surface area contributed by atoms with E-state index in [1.54, 1.807) is 24.3 Å². The third-order valence-electron chi connectivity index (χ3n) is 3.55. The van der Waals surface area contributed by atoms with Gasteiger partial charge in [-0.25, -0.2) is 9.18 Å². The zero-order valence-corrected chi connectivity index (χ0v) is 12.4. The molecule has 23 heavy (non-hydrogen) atoms.